The second kappa shape index (κ2) is 6.27. The molecule has 0 aromatic heterocycles. The van der Waals surface area contributed by atoms with Crippen molar-refractivity contribution >= 4 is 29.1 Å². The van der Waals surface area contributed by atoms with Crippen molar-refractivity contribution in [2.75, 3.05) is 26.2 Å². The average Bonchev–Trinajstić information content (AvgIpc) is 2.70. The number of hydrogen-bond donors (Lipinski definition) is 1. The van der Waals surface area contributed by atoms with E-state index in [1.807, 2.05) is 4.90 Å². The van der Waals surface area contributed by atoms with E-state index in [0.29, 0.717) is 18.1 Å². The Hall–Kier alpha value is -0.250. The van der Waals surface area contributed by atoms with Gasteiger partial charge in [0.1, 0.15) is 0 Å². The Balaban J connectivity index is 2.14. The summed E-state index contributed by atoms with van der Waals surface area (Å²) >= 11 is 11.0. The van der Waals surface area contributed by atoms with Crippen LogP contribution in [-0.4, -0.2) is 37.0 Å². The van der Waals surface area contributed by atoms with Crippen molar-refractivity contribution in [2.24, 2.45) is 0 Å². The number of carbonyl (C=O) groups excluding carboxylic acids is 1. The standard InChI is InChI=1S/C9H14Cl2N2O/c10-5-8(11)6-12-7-9(14)13-3-1-2-4-13/h5,12H,1-4,6-7H2/b8-5+. The van der Waals surface area contributed by atoms with Gasteiger partial charge in [0.25, 0.3) is 0 Å². The van der Waals surface area contributed by atoms with Gasteiger partial charge >= 0.3 is 0 Å². The van der Waals surface area contributed by atoms with Crippen LogP contribution in [0, 0.1) is 0 Å². The van der Waals surface area contributed by atoms with Gasteiger partial charge in [0.15, 0.2) is 0 Å². The number of rotatable bonds is 4. The van der Waals surface area contributed by atoms with Gasteiger partial charge in [-0.2, -0.15) is 0 Å². The summed E-state index contributed by atoms with van der Waals surface area (Å²) in [5, 5.41) is 3.45. The third-order valence-corrected chi connectivity index (χ3v) is 2.77. The highest BCUT2D eigenvalue weighted by atomic mass is 35.5. The molecule has 1 aliphatic heterocycles. The fraction of sp³-hybridized carbons (Fsp3) is 0.667. The van der Waals surface area contributed by atoms with E-state index in [0.717, 1.165) is 25.9 Å². The van der Waals surface area contributed by atoms with Crippen LogP contribution in [0.15, 0.2) is 10.6 Å². The third-order valence-electron chi connectivity index (χ3n) is 2.15. The molecule has 0 bridgehead atoms. The Labute approximate surface area is 94.0 Å². The van der Waals surface area contributed by atoms with E-state index in [1.54, 1.807) is 0 Å². The Morgan fingerprint density at radius 2 is 2.00 bits per heavy atom. The molecule has 1 aliphatic rings. The van der Waals surface area contributed by atoms with Crippen molar-refractivity contribution in [3.63, 3.8) is 0 Å². The summed E-state index contributed by atoms with van der Waals surface area (Å²) in [6.45, 7) is 2.56. The van der Waals surface area contributed by atoms with Crippen molar-refractivity contribution in [1.82, 2.24) is 10.2 Å². The van der Waals surface area contributed by atoms with Gasteiger partial charge in [-0.1, -0.05) is 23.2 Å². The van der Waals surface area contributed by atoms with Gasteiger partial charge in [0, 0.05) is 30.2 Å². The lowest BCUT2D eigenvalue weighted by molar-refractivity contribution is -0.129. The lowest BCUT2D eigenvalue weighted by atomic mass is 10.4. The topological polar surface area (TPSA) is 32.3 Å². The summed E-state index contributed by atoms with van der Waals surface area (Å²) in [4.78, 5) is 13.3. The van der Waals surface area contributed by atoms with Crippen molar-refractivity contribution in [3.8, 4) is 0 Å². The zero-order valence-corrected chi connectivity index (χ0v) is 9.44. The van der Waals surface area contributed by atoms with Crippen LogP contribution in [0.5, 0.6) is 0 Å². The molecule has 0 aliphatic carbocycles. The fourth-order valence-electron chi connectivity index (χ4n) is 1.41. The average molecular weight is 237 g/mol. The SMILES string of the molecule is O=C(CNC/C(Cl)=C\Cl)N1CCCC1. The summed E-state index contributed by atoms with van der Waals surface area (Å²) in [6, 6.07) is 0. The zero-order chi connectivity index (χ0) is 10.4. The molecule has 0 saturated carbocycles. The molecule has 0 unspecified atom stereocenters. The monoisotopic (exact) mass is 236 g/mol. The second-order valence-electron chi connectivity index (χ2n) is 3.25. The van der Waals surface area contributed by atoms with Crippen LogP contribution in [0.3, 0.4) is 0 Å². The van der Waals surface area contributed by atoms with Gasteiger partial charge in [0.2, 0.25) is 5.91 Å². The maximum absolute atomic E-state index is 11.5. The molecule has 0 aromatic rings. The minimum Gasteiger partial charge on any atom is -0.342 e. The van der Waals surface area contributed by atoms with Gasteiger partial charge in [-0.25, -0.2) is 0 Å². The van der Waals surface area contributed by atoms with Crippen molar-refractivity contribution in [3.05, 3.63) is 10.6 Å². The van der Waals surface area contributed by atoms with Crippen molar-refractivity contribution < 1.29 is 4.79 Å². The number of nitrogens with zero attached hydrogens (tertiary/aromatic N) is 1. The largest absolute Gasteiger partial charge is 0.342 e. The molecular formula is C9H14Cl2N2O. The molecule has 80 valence electrons. The van der Waals surface area contributed by atoms with Crippen LogP contribution in [0.1, 0.15) is 12.8 Å². The maximum atomic E-state index is 11.5. The Bertz CT molecular complexity index is 225. The van der Waals surface area contributed by atoms with E-state index in [4.69, 9.17) is 23.2 Å². The van der Waals surface area contributed by atoms with Crippen LogP contribution >= 0.6 is 23.2 Å². The molecule has 0 aromatic carbocycles. The van der Waals surface area contributed by atoms with Crippen LogP contribution in [0.2, 0.25) is 0 Å². The van der Waals surface area contributed by atoms with E-state index in [-0.39, 0.29) is 5.91 Å². The van der Waals surface area contributed by atoms with E-state index < -0.39 is 0 Å². The van der Waals surface area contributed by atoms with Crippen LogP contribution in [-0.2, 0) is 4.79 Å². The van der Waals surface area contributed by atoms with Gasteiger partial charge in [-0.15, -0.1) is 0 Å². The highest BCUT2D eigenvalue weighted by Crippen LogP contribution is 2.07. The molecule has 1 saturated heterocycles. The van der Waals surface area contributed by atoms with Crippen molar-refractivity contribution in [1.29, 1.82) is 0 Å². The first-order chi connectivity index (χ1) is 6.74. The van der Waals surface area contributed by atoms with Crippen LogP contribution in [0.25, 0.3) is 0 Å². The molecule has 0 radical (unpaired) electrons. The van der Waals surface area contributed by atoms with Crippen molar-refractivity contribution in [2.45, 2.75) is 12.8 Å². The third kappa shape index (κ3) is 3.86. The van der Waals surface area contributed by atoms with E-state index >= 15 is 0 Å². The molecule has 5 heteroatoms. The molecule has 1 amide bonds. The molecule has 0 atom stereocenters. The molecule has 1 fully saturated rings. The predicted octanol–water partition coefficient (Wildman–Crippen LogP) is 1.52. The summed E-state index contributed by atoms with van der Waals surface area (Å²) in [7, 11) is 0. The summed E-state index contributed by atoms with van der Waals surface area (Å²) in [6.07, 6.45) is 2.24. The minimum atomic E-state index is 0.140. The van der Waals surface area contributed by atoms with E-state index in [2.05, 4.69) is 5.32 Å². The molecule has 1 heterocycles. The Morgan fingerprint density at radius 3 is 2.57 bits per heavy atom. The number of carbonyl (C=O) groups is 1. The number of nitrogens with one attached hydrogen (secondary N) is 1. The highest BCUT2D eigenvalue weighted by Gasteiger charge is 2.16. The quantitative estimate of drug-likeness (QED) is 0.803. The molecular weight excluding hydrogens is 223 g/mol. The van der Waals surface area contributed by atoms with E-state index in [1.165, 1.54) is 5.54 Å². The minimum absolute atomic E-state index is 0.140. The first-order valence-electron chi connectivity index (χ1n) is 4.67. The molecule has 3 nitrogen and oxygen atoms in total. The van der Waals surface area contributed by atoms with Gasteiger partial charge in [-0.05, 0) is 12.8 Å². The highest BCUT2D eigenvalue weighted by molar-refractivity contribution is 6.36. The lowest BCUT2D eigenvalue weighted by Crippen LogP contribution is -2.36. The fourth-order valence-corrected chi connectivity index (χ4v) is 1.58. The molecule has 0 spiro atoms. The second-order valence-corrected chi connectivity index (χ2v) is 3.95. The first kappa shape index (κ1) is 11.8. The number of likely N-dealkylation sites (tertiary alicyclic amines) is 1. The Kier molecular flexibility index (Phi) is 5.30. The summed E-state index contributed by atoms with van der Waals surface area (Å²) in [5.74, 6) is 0.140. The number of amides is 1. The van der Waals surface area contributed by atoms with Gasteiger partial charge in [0.05, 0.1) is 6.54 Å². The Morgan fingerprint density at radius 1 is 1.36 bits per heavy atom. The van der Waals surface area contributed by atoms with Gasteiger partial charge < -0.3 is 10.2 Å². The number of hydrogen-bond acceptors (Lipinski definition) is 2. The zero-order valence-electron chi connectivity index (χ0n) is 7.93. The van der Waals surface area contributed by atoms with E-state index in [9.17, 15) is 4.79 Å². The van der Waals surface area contributed by atoms with Gasteiger partial charge in [-0.3, -0.25) is 4.79 Å². The normalized spacial score (nSPS) is 17.6. The smallest absolute Gasteiger partial charge is 0.236 e. The van der Waals surface area contributed by atoms with Crippen LogP contribution in [0.4, 0.5) is 0 Å². The van der Waals surface area contributed by atoms with Crippen LogP contribution < -0.4 is 5.32 Å². The number of halogens is 2. The molecule has 1 N–H and O–H groups in total. The predicted molar refractivity (Wildman–Crippen MR) is 58.5 cm³/mol. The summed E-state index contributed by atoms with van der Waals surface area (Å²) < 4.78 is 0. The first-order valence-corrected chi connectivity index (χ1v) is 5.48. The molecule has 14 heavy (non-hydrogen) atoms. The summed E-state index contributed by atoms with van der Waals surface area (Å²) in [5.41, 5.74) is 1.30. The lowest BCUT2D eigenvalue weighted by Gasteiger charge is -2.15. The molecule has 1 rings (SSSR count). The maximum Gasteiger partial charge on any atom is 0.236 e.